The molecule has 0 saturated heterocycles. The van der Waals surface area contributed by atoms with Gasteiger partial charge >= 0.3 is 5.97 Å². The van der Waals surface area contributed by atoms with Gasteiger partial charge in [-0.2, -0.15) is 0 Å². The zero-order valence-electron chi connectivity index (χ0n) is 8.59. The maximum atomic E-state index is 10.6. The van der Waals surface area contributed by atoms with E-state index in [9.17, 15) is 4.79 Å². The zero-order valence-corrected chi connectivity index (χ0v) is 9.48. The van der Waals surface area contributed by atoms with Gasteiger partial charge in [-0.25, -0.2) is 0 Å². The van der Waals surface area contributed by atoms with Crippen LogP contribution in [0.1, 0.15) is 6.92 Å². The molecule has 1 atom stereocenters. The largest absolute Gasteiger partial charge is 0.461 e. The Balaban J connectivity index is 0.00000196. The summed E-state index contributed by atoms with van der Waals surface area (Å²) in [5, 5.41) is 10.2. The van der Waals surface area contributed by atoms with Crippen molar-refractivity contribution in [3.05, 3.63) is 30.3 Å². The van der Waals surface area contributed by atoms with Crippen molar-refractivity contribution in [3.63, 3.8) is 0 Å². The molecular weight excluding hydrogens is 210 g/mol. The number of carbonyl (C=O) groups is 1. The second-order valence-electron chi connectivity index (χ2n) is 2.78. The lowest BCUT2D eigenvalue weighted by Gasteiger charge is -2.14. The number of esters is 1. The Morgan fingerprint density at radius 3 is 2.47 bits per heavy atom. The van der Waals surface area contributed by atoms with E-state index in [1.165, 1.54) is 6.92 Å². The van der Waals surface area contributed by atoms with E-state index in [1.54, 1.807) is 0 Å². The molecule has 79 valence electrons. The number of hydrogen-bond acceptors (Lipinski definition) is 3. The zero-order chi connectivity index (χ0) is 10.4. The fourth-order valence-corrected chi connectivity index (χ4v) is 2.33. The second-order valence-corrected chi connectivity index (χ2v) is 4.92. The number of benzene rings is 1. The molecule has 0 aromatic heterocycles. The molecule has 5 heteroatoms. The highest BCUT2D eigenvalue weighted by molar-refractivity contribution is 7.65. The first kappa shape index (κ1) is 14.1. The average Bonchev–Trinajstić information content (AvgIpc) is 2.20. The van der Waals surface area contributed by atoms with Crippen molar-refractivity contribution in [2.75, 3.05) is 12.7 Å². The van der Waals surface area contributed by atoms with E-state index >= 15 is 0 Å². The Labute approximate surface area is 92.8 Å². The molecule has 0 fully saturated rings. The minimum atomic E-state index is -0.774. The summed E-state index contributed by atoms with van der Waals surface area (Å²) in [5.74, 6) is -0.304. The quantitative estimate of drug-likeness (QED) is 0.468. The van der Waals surface area contributed by atoms with Crippen LogP contribution in [0.4, 0.5) is 0 Å². The molecule has 0 aliphatic carbocycles. The molecule has 1 aromatic rings. The van der Waals surface area contributed by atoms with Crippen molar-refractivity contribution >= 4 is 27.6 Å². The Kier molecular flexibility index (Phi) is 7.01. The lowest BCUT2D eigenvalue weighted by atomic mass is 10.4. The van der Waals surface area contributed by atoms with E-state index in [4.69, 9.17) is 9.84 Å². The highest BCUT2D eigenvalue weighted by atomic mass is 31.1. The Bertz CT molecular complexity index is 292. The predicted octanol–water partition coefficient (Wildman–Crippen LogP) is 0.883. The number of aliphatic hydroxyl groups is 1. The van der Waals surface area contributed by atoms with E-state index in [1.807, 2.05) is 30.3 Å². The van der Waals surface area contributed by atoms with E-state index in [0.29, 0.717) is 6.35 Å². The normalized spacial score (nSPS) is 11.3. The van der Waals surface area contributed by atoms with E-state index in [0.717, 1.165) is 5.30 Å². The van der Waals surface area contributed by atoms with Crippen LogP contribution in [-0.2, 0) is 9.53 Å². The highest BCUT2D eigenvalue weighted by Gasteiger charge is 2.10. The molecule has 0 saturated carbocycles. The van der Waals surface area contributed by atoms with Crippen molar-refractivity contribution in [3.8, 4) is 0 Å². The van der Waals surface area contributed by atoms with Crippen LogP contribution in [-0.4, -0.2) is 32.2 Å². The fraction of sp³-hybridized carbons (Fsp3) is 0.300. The van der Waals surface area contributed by atoms with Gasteiger partial charge in [-0.15, -0.1) is 0 Å². The fourth-order valence-electron chi connectivity index (χ4n) is 1.00. The lowest BCUT2D eigenvalue weighted by Crippen LogP contribution is -2.09. The summed E-state index contributed by atoms with van der Waals surface area (Å²) in [6, 6.07) is 9.61. The molecule has 0 bridgehead atoms. The third-order valence-electron chi connectivity index (χ3n) is 1.72. The smallest absolute Gasteiger partial charge is 0.302 e. The summed E-state index contributed by atoms with van der Waals surface area (Å²) in [6.45, 7) is 1.37. The highest BCUT2D eigenvalue weighted by Crippen LogP contribution is 2.32. The first-order valence-electron chi connectivity index (χ1n) is 4.28. The van der Waals surface area contributed by atoms with Crippen LogP contribution in [0.2, 0.25) is 0 Å². The van der Waals surface area contributed by atoms with Gasteiger partial charge in [-0.1, -0.05) is 30.3 Å². The number of rotatable bonds is 4. The summed E-state index contributed by atoms with van der Waals surface area (Å²) < 4.78 is 4.88. The molecule has 15 heavy (non-hydrogen) atoms. The molecular formula is C10H13BO3P. The van der Waals surface area contributed by atoms with Gasteiger partial charge in [0.15, 0.2) is 0 Å². The Hall–Kier alpha value is -0.855. The average molecular weight is 223 g/mol. The van der Waals surface area contributed by atoms with Crippen LogP contribution >= 0.6 is 7.92 Å². The monoisotopic (exact) mass is 223 g/mol. The molecule has 0 heterocycles. The van der Waals surface area contributed by atoms with Crippen LogP contribution in [0.5, 0.6) is 0 Å². The van der Waals surface area contributed by atoms with Gasteiger partial charge in [-0.3, -0.25) is 4.79 Å². The van der Waals surface area contributed by atoms with E-state index in [-0.39, 0.29) is 20.7 Å². The summed E-state index contributed by atoms with van der Waals surface area (Å²) in [5.41, 5.74) is 0. The van der Waals surface area contributed by atoms with Crippen molar-refractivity contribution in [1.29, 1.82) is 0 Å². The minimum absolute atomic E-state index is 0. The van der Waals surface area contributed by atoms with Gasteiger partial charge in [0.05, 0.1) is 6.35 Å². The van der Waals surface area contributed by atoms with Crippen LogP contribution < -0.4 is 5.30 Å². The molecule has 3 radical (unpaired) electrons. The SMILES string of the molecule is CC(=O)OC[P@@](CO)c1ccccc1.[B]. The number of aliphatic hydroxyl groups excluding tert-OH is 1. The van der Waals surface area contributed by atoms with Gasteiger partial charge in [0.25, 0.3) is 0 Å². The van der Waals surface area contributed by atoms with Crippen molar-refractivity contribution in [1.82, 2.24) is 0 Å². The van der Waals surface area contributed by atoms with Gasteiger partial charge in [0.1, 0.15) is 6.35 Å². The molecule has 1 aromatic carbocycles. The van der Waals surface area contributed by atoms with Crippen LogP contribution in [0.3, 0.4) is 0 Å². The molecule has 0 aliphatic rings. The lowest BCUT2D eigenvalue weighted by molar-refractivity contribution is -0.138. The van der Waals surface area contributed by atoms with Gasteiger partial charge in [0, 0.05) is 15.3 Å². The third kappa shape index (κ3) is 4.96. The standard InChI is InChI=1S/C10H13O3P.B/c1-9(12)13-8-14(7-11)10-5-3-2-4-6-10;/h2-6,11H,7-8H2,1H3;/t14-;/m1./s1. The molecule has 0 amide bonds. The van der Waals surface area contributed by atoms with Gasteiger partial charge in [0.2, 0.25) is 0 Å². The van der Waals surface area contributed by atoms with Gasteiger partial charge in [-0.05, 0) is 13.2 Å². The maximum absolute atomic E-state index is 10.6. The van der Waals surface area contributed by atoms with Crippen molar-refractivity contribution in [2.24, 2.45) is 0 Å². The predicted molar refractivity (Wildman–Crippen MR) is 62.5 cm³/mol. The molecule has 1 N–H and O–H groups in total. The summed E-state index contributed by atoms with van der Waals surface area (Å²) in [4.78, 5) is 10.6. The molecule has 0 unspecified atom stereocenters. The van der Waals surface area contributed by atoms with Gasteiger partial charge < -0.3 is 9.84 Å². The van der Waals surface area contributed by atoms with Crippen LogP contribution in [0, 0.1) is 0 Å². The van der Waals surface area contributed by atoms with Crippen LogP contribution in [0.15, 0.2) is 30.3 Å². The van der Waals surface area contributed by atoms with E-state index in [2.05, 4.69) is 0 Å². The molecule has 0 spiro atoms. The number of ether oxygens (including phenoxy) is 1. The topological polar surface area (TPSA) is 46.5 Å². The molecule has 3 nitrogen and oxygen atoms in total. The first-order valence-corrected chi connectivity index (χ1v) is 5.99. The number of carbonyl (C=O) groups excluding carboxylic acids is 1. The van der Waals surface area contributed by atoms with Crippen molar-refractivity contribution < 1.29 is 14.6 Å². The number of hydrogen-bond donors (Lipinski definition) is 1. The second kappa shape index (κ2) is 7.44. The van der Waals surface area contributed by atoms with Crippen molar-refractivity contribution in [2.45, 2.75) is 6.92 Å². The molecule has 1 rings (SSSR count). The molecule has 0 aliphatic heterocycles. The maximum Gasteiger partial charge on any atom is 0.302 e. The third-order valence-corrected chi connectivity index (χ3v) is 3.53. The summed E-state index contributed by atoms with van der Waals surface area (Å²) in [6.07, 6.45) is 0.345. The van der Waals surface area contributed by atoms with Crippen LogP contribution in [0.25, 0.3) is 0 Å². The Morgan fingerprint density at radius 1 is 1.40 bits per heavy atom. The summed E-state index contributed by atoms with van der Waals surface area (Å²) in [7, 11) is -0.774. The minimum Gasteiger partial charge on any atom is -0.461 e. The summed E-state index contributed by atoms with van der Waals surface area (Å²) >= 11 is 0. The van der Waals surface area contributed by atoms with E-state index < -0.39 is 7.92 Å². The first-order chi connectivity index (χ1) is 6.74. The Morgan fingerprint density at radius 2 is 2.00 bits per heavy atom.